The topological polar surface area (TPSA) is 3.24 Å². The summed E-state index contributed by atoms with van der Waals surface area (Å²) in [6, 6.07) is 5.29. The summed E-state index contributed by atoms with van der Waals surface area (Å²) < 4.78 is 0. The lowest BCUT2D eigenvalue weighted by molar-refractivity contribution is 0.315. The first-order chi connectivity index (χ1) is 7.09. The average Bonchev–Trinajstić information content (AvgIpc) is 2.50. The van der Waals surface area contributed by atoms with Crippen molar-refractivity contribution in [3.63, 3.8) is 0 Å². The molecular weight excluding hydrogens is 182 g/mol. The average molecular weight is 203 g/mol. The molecule has 1 heteroatoms. The number of hydrogen-bond donors (Lipinski definition) is 0. The molecule has 0 aliphatic carbocycles. The molecule has 2 rings (SSSR count). The monoisotopic (exact) mass is 203 g/mol. The molecule has 1 aliphatic rings. The van der Waals surface area contributed by atoms with Crippen LogP contribution in [-0.2, 0) is 0 Å². The van der Waals surface area contributed by atoms with Gasteiger partial charge in [-0.1, -0.05) is 17.7 Å². The molecule has 1 aromatic carbocycles. The maximum Gasteiger partial charge on any atom is 0.0350 e. The van der Waals surface area contributed by atoms with Gasteiger partial charge in [0.25, 0.3) is 0 Å². The van der Waals surface area contributed by atoms with Crippen molar-refractivity contribution in [1.29, 1.82) is 0 Å². The van der Waals surface area contributed by atoms with Crippen LogP contribution in [0.4, 0.5) is 0 Å². The molecule has 0 N–H and O–H groups in total. The smallest absolute Gasteiger partial charge is 0.0350 e. The second-order valence-corrected chi connectivity index (χ2v) is 4.95. The highest BCUT2D eigenvalue weighted by Crippen LogP contribution is 2.34. The van der Waals surface area contributed by atoms with Crippen LogP contribution in [0.15, 0.2) is 12.1 Å². The van der Waals surface area contributed by atoms with Crippen LogP contribution >= 0.6 is 0 Å². The number of aryl methyl sites for hydroxylation is 3. The molecule has 0 saturated carbocycles. The predicted octanol–water partition coefficient (Wildman–Crippen LogP) is 3.38. The van der Waals surface area contributed by atoms with E-state index in [2.05, 4.69) is 44.9 Å². The molecule has 0 amide bonds. The normalized spacial score (nSPS) is 22.3. The highest BCUT2D eigenvalue weighted by atomic mass is 15.1. The lowest BCUT2D eigenvalue weighted by atomic mass is 9.93. The van der Waals surface area contributed by atoms with E-state index in [9.17, 15) is 0 Å². The van der Waals surface area contributed by atoms with E-state index < -0.39 is 0 Å². The van der Waals surface area contributed by atoms with Gasteiger partial charge in [0, 0.05) is 6.04 Å². The zero-order chi connectivity index (χ0) is 11.0. The summed E-state index contributed by atoms with van der Waals surface area (Å²) in [6.07, 6.45) is 2.66. The molecule has 15 heavy (non-hydrogen) atoms. The first-order valence-corrected chi connectivity index (χ1v) is 5.87. The van der Waals surface area contributed by atoms with Crippen molar-refractivity contribution >= 4 is 0 Å². The van der Waals surface area contributed by atoms with Crippen LogP contribution in [0.2, 0.25) is 0 Å². The van der Waals surface area contributed by atoms with Gasteiger partial charge in [-0.2, -0.15) is 0 Å². The highest BCUT2D eigenvalue weighted by molar-refractivity contribution is 5.40. The number of hydrogen-bond acceptors (Lipinski definition) is 1. The molecule has 1 heterocycles. The second kappa shape index (κ2) is 3.97. The van der Waals surface area contributed by atoms with Gasteiger partial charge in [-0.15, -0.1) is 0 Å². The molecule has 0 aromatic heterocycles. The third kappa shape index (κ3) is 1.93. The zero-order valence-electron chi connectivity index (χ0n) is 10.3. The van der Waals surface area contributed by atoms with Gasteiger partial charge in [-0.3, -0.25) is 4.90 Å². The summed E-state index contributed by atoms with van der Waals surface area (Å²) in [5, 5.41) is 0. The molecule has 1 fully saturated rings. The van der Waals surface area contributed by atoms with Crippen molar-refractivity contribution in [3.8, 4) is 0 Å². The molecule has 1 atom stereocenters. The predicted molar refractivity (Wildman–Crippen MR) is 65.3 cm³/mol. The molecule has 0 radical (unpaired) electrons. The quantitative estimate of drug-likeness (QED) is 0.676. The van der Waals surface area contributed by atoms with Gasteiger partial charge >= 0.3 is 0 Å². The Balaban J connectivity index is 2.43. The fraction of sp³-hybridized carbons (Fsp3) is 0.571. The largest absolute Gasteiger partial charge is 0.299 e. The third-order valence-corrected chi connectivity index (χ3v) is 3.59. The summed E-state index contributed by atoms with van der Waals surface area (Å²) in [5.74, 6) is 0. The Morgan fingerprint density at radius 2 is 1.73 bits per heavy atom. The van der Waals surface area contributed by atoms with E-state index in [1.165, 1.54) is 36.1 Å². The van der Waals surface area contributed by atoms with Crippen LogP contribution < -0.4 is 0 Å². The summed E-state index contributed by atoms with van der Waals surface area (Å²) in [7, 11) is 2.25. The van der Waals surface area contributed by atoms with Crippen molar-refractivity contribution in [2.75, 3.05) is 13.6 Å². The van der Waals surface area contributed by atoms with Crippen LogP contribution in [0.1, 0.15) is 41.1 Å². The summed E-state index contributed by atoms with van der Waals surface area (Å²) in [4.78, 5) is 2.49. The van der Waals surface area contributed by atoms with E-state index in [4.69, 9.17) is 0 Å². The molecule has 1 saturated heterocycles. The lowest BCUT2D eigenvalue weighted by Crippen LogP contribution is -2.19. The van der Waals surface area contributed by atoms with Crippen LogP contribution in [0, 0.1) is 20.8 Å². The first-order valence-electron chi connectivity index (χ1n) is 5.87. The number of likely N-dealkylation sites (tertiary alicyclic amines) is 1. The minimum absolute atomic E-state index is 0.658. The Morgan fingerprint density at radius 1 is 1.13 bits per heavy atom. The maximum atomic E-state index is 2.49. The van der Waals surface area contributed by atoms with Gasteiger partial charge < -0.3 is 0 Å². The summed E-state index contributed by atoms with van der Waals surface area (Å²) in [5.41, 5.74) is 5.88. The Labute approximate surface area is 93.1 Å². The van der Waals surface area contributed by atoms with Gasteiger partial charge in [0.05, 0.1) is 0 Å². The minimum Gasteiger partial charge on any atom is -0.299 e. The van der Waals surface area contributed by atoms with E-state index in [1.54, 1.807) is 5.56 Å². The molecule has 82 valence electrons. The van der Waals surface area contributed by atoms with Crippen LogP contribution in [0.5, 0.6) is 0 Å². The number of benzene rings is 1. The van der Waals surface area contributed by atoms with Gasteiger partial charge in [0.2, 0.25) is 0 Å². The standard InChI is InChI=1S/C14H21N/c1-10-8-11(2)14(12(3)9-10)13-6-5-7-15(13)4/h8-9,13H,5-7H2,1-4H3. The van der Waals surface area contributed by atoms with Crippen molar-refractivity contribution < 1.29 is 0 Å². The molecule has 1 aliphatic heterocycles. The Hall–Kier alpha value is -0.820. The Kier molecular flexibility index (Phi) is 2.83. The van der Waals surface area contributed by atoms with Gasteiger partial charge in [0.1, 0.15) is 0 Å². The third-order valence-electron chi connectivity index (χ3n) is 3.59. The molecular formula is C14H21N. The Morgan fingerprint density at radius 3 is 2.20 bits per heavy atom. The summed E-state index contributed by atoms with van der Waals surface area (Å²) >= 11 is 0. The van der Waals surface area contributed by atoms with E-state index in [-0.39, 0.29) is 0 Å². The van der Waals surface area contributed by atoms with E-state index in [1.807, 2.05) is 0 Å². The fourth-order valence-electron chi connectivity index (χ4n) is 2.99. The molecule has 0 spiro atoms. The second-order valence-electron chi connectivity index (χ2n) is 4.95. The van der Waals surface area contributed by atoms with Crippen LogP contribution in [0.3, 0.4) is 0 Å². The minimum atomic E-state index is 0.658. The van der Waals surface area contributed by atoms with E-state index in [0.29, 0.717) is 6.04 Å². The number of rotatable bonds is 1. The molecule has 1 aromatic rings. The van der Waals surface area contributed by atoms with Crippen LogP contribution in [-0.4, -0.2) is 18.5 Å². The molecule has 1 unspecified atom stereocenters. The Bertz CT molecular complexity index is 345. The van der Waals surface area contributed by atoms with Gasteiger partial charge in [-0.05, 0) is 63.9 Å². The van der Waals surface area contributed by atoms with Crippen molar-refractivity contribution in [3.05, 3.63) is 34.4 Å². The first kappa shape index (κ1) is 10.7. The van der Waals surface area contributed by atoms with Gasteiger partial charge in [-0.25, -0.2) is 0 Å². The molecule has 0 bridgehead atoms. The van der Waals surface area contributed by atoms with Gasteiger partial charge in [0.15, 0.2) is 0 Å². The highest BCUT2D eigenvalue weighted by Gasteiger charge is 2.25. The SMILES string of the molecule is Cc1cc(C)c(C2CCCN2C)c(C)c1. The summed E-state index contributed by atoms with van der Waals surface area (Å²) in [6.45, 7) is 7.93. The molecule has 1 nitrogen and oxygen atoms in total. The van der Waals surface area contributed by atoms with Crippen LogP contribution in [0.25, 0.3) is 0 Å². The number of nitrogens with zero attached hydrogens (tertiary/aromatic N) is 1. The van der Waals surface area contributed by atoms with Crippen molar-refractivity contribution in [2.45, 2.75) is 39.7 Å². The van der Waals surface area contributed by atoms with E-state index in [0.717, 1.165) is 0 Å². The fourth-order valence-corrected chi connectivity index (χ4v) is 2.99. The zero-order valence-corrected chi connectivity index (χ0v) is 10.3. The van der Waals surface area contributed by atoms with E-state index >= 15 is 0 Å². The maximum absolute atomic E-state index is 2.49. The lowest BCUT2D eigenvalue weighted by Gasteiger charge is -2.24. The van der Waals surface area contributed by atoms with Crippen molar-refractivity contribution in [2.24, 2.45) is 0 Å². The van der Waals surface area contributed by atoms with Crippen molar-refractivity contribution in [1.82, 2.24) is 4.90 Å².